The Kier molecular flexibility index (Phi) is 12.2. The van der Waals surface area contributed by atoms with Gasteiger partial charge in [0.1, 0.15) is 24.6 Å². The molecule has 242 valence electrons. The number of nitrogens with zero attached hydrogens (tertiary/aromatic N) is 3. The third-order valence-electron chi connectivity index (χ3n) is 7.84. The van der Waals surface area contributed by atoms with E-state index < -0.39 is 17.2 Å². The van der Waals surface area contributed by atoms with Gasteiger partial charge in [0.2, 0.25) is 11.8 Å². The minimum Gasteiger partial charge on any atom is -0.493 e. The van der Waals surface area contributed by atoms with E-state index in [-0.39, 0.29) is 43.9 Å². The number of carbonyl (C=O) groups is 2. The summed E-state index contributed by atoms with van der Waals surface area (Å²) in [5.41, 5.74) is -0.600. The zero-order valence-electron chi connectivity index (χ0n) is 25.6. The molecule has 12 heteroatoms. The van der Waals surface area contributed by atoms with Crippen LogP contribution in [0.15, 0.2) is 36.4 Å². The van der Waals surface area contributed by atoms with Crippen molar-refractivity contribution in [1.29, 1.82) is 0 Å². The normalized spacial score (nSPS) is 19.8. The molecule has 0 radical (unpaired) electrons. The fourth-order valence-corrected chi connectivity index (χ4v) is 5.58. The average molecular weight is 620 g/mol. The molecule has 2 aromatic rings. The van der Waals surface area contributed by atoms with E-state index in [4.69, 9.17) is 18.9 Å². The molecule has 2 fully saturated rings. The molecule has 2 aliphatic rings. The number of carbonyl (C=O) groups excluding carboxylic acids is 2. The lowest BCUT2D eigenvalue weighted by Gasteiger charge is -2.33. The van der Waals surface area contributed by atoms with Crippen LogP contribution in [0, 0.1) is 11.6 Å². The van der Waals surface area contributed by atoms with Gasteiger partial charge in [0.25, 0.3) is 0 Å². The number of β-amino-alcohol motifs (C(OH)–C–C–N with tert-alkyl or cyclic N) is 1. The Bertz CT molecular complexity index is 1270. The van der Waals surface area contributed by atoms with E-state index in [1.54, 1.807) is 7.11 Å². The molecule has 44 heavy (non-hydrogen) atoms. The molecule has 10 nitrogen and oxygen atoms in total. The molecule has 1 N–H and O–H groups in total. The Balaban J connectivity index is 1.39. The van der Waals surface area contributed by atoms with E-state index in [1.165, 1.54) is 18.1 Å². The molecular formula is C32H43F2N3O7. The lowest BCUT2D eigenvalue weighted by atomic mass is 10.0. The molecule has 2 amide bonds. The number of amides is 2. The molecule has 0 unspecified atom stereocenters. The fraction of sp³-hybridized carbons (Fsp3) is 0.562. The van der Waals surface area contributed by atoms with Gasteiger partial charge >= 0.3 is 0 Å². The van der Waals surface area contributed by atoms with E-state index in [0.717, 1.165) is 43.5 Å². The van der Waals surface area contributed by atoms with E-state index in [0.29, 0.717) is 57.1 Å². The van der Waals surface area contributed by atoms with Crippen molar-refractivity contribution < 1.29 is 42.4 Å². The Hall–Kier alpha value is -3.48. The van der Waals surface area contributed by atoms with Gasteiger partial charge in [-0.1, -0.05) is 12.5 Å². The first-order chi connectivity index (χ1) is 21.2. The van der Waals surface area contributed by atoms with Crippen LogP contribution in [0.1, 0.15) is 37.7 Å². The molecule has 0 aliphatic carbocycles. The minimum atomic E-state index is -1.51. The molecule has 2 aromatic carbocycles. The van der Waals surface area contributed by atoms with Crippen molar-refractivity contribution in [2.24, 2.45) is 0 Å². The van der Waals surface area contributed by atoms with Crippen LogP contribution in [0.3, 0.4) is 0 Å². The summed E-state index contributed by atoms with van der Waals surface area (Å²) in [7, 11) is 3.00. The van der Waals surface area contributed by atoms with Gasteiger partial charge in [0.05, 0.1) is 20.3 Å². The number of benzene rings is 2. The van der Waals surface area contributed by atoms with Crippen molar-refractivity contribution in [3.8, 4) is 17.2 Å². The Labute approximate surface area is 257 Å². The number of ether oxygens (including phenoxy) is 4. The summed E-state index contributed by atoms with van der Waals surface area (Å²) in [5.74, 6) is -0.872. The van der Waals surface area contributed by atoms with Crippen molar-refractivity contribution in [3.05, 3.63) is 53.6 Å². The predicted octanol–water partition coefficient (Wildman–Crippen LogP) is 3.25. The molecule has 0 saturated carbocycles. The Morgan fingerprint density at radius 2 is 1.80 bits per heavy atom. The monoisotopic (exact) mass is 619 g/mol. The zero-order chi connectivity index (χ0) is 31.5. The number of likely N-dealkylation sites (tertiary alicyclic amines) is 1. The van der Waals surface area contributed by atoms with Crippen molar-refractivity contribution in [2.75, 3.05) is 73.3 Å². The molecule has 2 aliphatic heterocycles. The second kappa shape index (κ2) is 16.0. The van der Waals surface area contributed by atoms with Gasteiger partial charge in [0.15, 0.2) is 23.1 Å². The van der Waals surface area contributed by atoms with Crippen molar-refractivity contribution in [1.82, 2.24) is 14.7 Å². The summed E-state index contributed by atoms with van der Waals surface area (Å²) in [6, 6.07) is 8.81. The van der Waals surface area contributed by atoms with Crippen LogP contribution in [0.25, 0.3) is 0 Å². The molecule has 0 spiro atoms. The standard InChI is InChI=1S/C32H43F2N3O7/c1-41-20-31(39)37-15-14-35(21-32(40,22-37)23-44-25-9-10-26(33)27(34)18-25)19-24-8-11-28(29(17-24)42-2)43-16-6-13-36-12-5-3-4-7-30(36)38/h8-11,17-18,40H,3-7,12-16,19-23H2,1-2H3/t32-/m0/s1. The summed E-state index contributed by atoms with van der Waals surface area (Å²) in [4.78, 5) is 30.4. The highest BCUT2D eigenvalue weighted by atomic mass is 19.2. The highest BCUT2D eigenvalue weighted by Gasteiger charge is 2.37. The number of hydrogen-bond donors (Lipinski definition) is 1. The van der Waals surface area contributed by atoms with Crippen LogP contribution in [0.4, 0.5) is 8.78 Å². The molecule has 0 bridgehead atoms. The van der Waals surface area contributed by atoms with Crippen LogP contribution in [0.5, 0.6) is 17.2 Å². The number of rotatable bonds is 13. The van der Waals surface area contributed by atoms with Crippen molar-refractivity contribution in [3.63, 3.8) is 0 Å². The maximum atomic E-state index is 13.7. The second-order valence-corrected chi connectivity index (χ2v) is 11.4. The SMILES string of the molecule is COCC(=O)N1CCN(Cc2ccc(OCCCN3CCCCCC3=O)c(OC)c2)C[C@@](O)(COc2ccc(F)c(F)c2)C1. The van der Waals surface area contributed by atoms with Crippen LogP contribution in [0.2, 0.25) is 0 Å². The van der Waals surface area contributed by atoms with Gasteiger partial charge < -0.3 is 33.9 Å². The van der Waals surface area contributed by atoms with Gasteiger partial charge in [-0.2, -0.15) is 0 Å². The predicted molar refractivity (Wildman–Crippen MR) is 159 cm³/mol. The largest absolute Gasteiger partial charge is 0.493 e. The third kappa shape index (κ3) is 9.51. The number of halogens is 2. The van der Waals surface area contributed by atoms with Gasteiger partial charge in [-0.25, -0.2) is 8.78 Å². The lowest BCUT2D eigenvalue weighted by Crippen LogP contribution is -2.52. The molecule has 1 atom stereocenters. The Morgan fingerprint density at radius 1 is 0.955 bits per heavy atom. The zero-order valence-corrected chi connectivity index (χ0v) is 25.6. The summed E-state index contributed by atoms with van der Waals surface area (Å²) >= 11 is 0. The molecule has 4 rings (SSSR count). The highest BCUT2D eigenvalue weighted by Crippen LogP contribution is 2.29. The first kappa shape index (κ1) is 33.4. The van der Waals surface area contributed by atoms with Crippen molar-refractivity contribution >= 4 is 11.8 Å². The first-order valence-corrected chi connectivity index (χ1v) is 15.1. The lowest BCUT2D eigenvalue weighted by molar-refractivity contribution is -0.138. The molecule has 0 aromatic heterocycles. The fourth-order valence-electron chi connectivity index (χ4n) is 5.58. The number of methoxy groups -OCH3 is 2. The summed E-state index contributed by atoms with van der Waals surface area (Å²) < 4.78 is 49.4. The van der Waals surface area contributed by atoms with Gasteiger partial charge in [-0.3, -0.25) is 14.5 Å². The van der Waals surface area contributed by atoms with Gasteiger partial charge in [-0.05, 0) is 49.1 Å². The Morgan fingerprint density at radius 3 is 2.57 bits per heavy atom. The third-order valence-corrected chi connectivity index (χ3v) is 7.84. The second-order valence-electron chi connectivity index (χ2n) is 11.4. The van der Waals surface area contributed by atoms with Crippen LogP contribution >= 0.6 is 0 Å². The first-order valence-electron chi connectivity index (χ1n) is 15.1. The summed E-state index contributed by atoms with van der Waals surface area (Å²) in [5, 5.41) is 11.6. The molecule has 2 heterocycles. The minimum absolute atomic E-state index is 0.0194. The van der Waals surface area contributed by atoms with Crippen LogP contribution < -0.4 is 14.2 Å². The maximum Gasteiger partial charge on any atom is 0.248 e. The van der Waals surface area contributed by atoms with E-state index in [1.807, 2.05) is 28.0 Å². The molecule has 2 saturated heterocycles. The topological polar surface area (TPSA) is 101 Å². The van der Waals surface area contributed by atoms with Crippen molar-refractivity contribution in [2.45, 2.75) is 44.2 Å². The van der Waals surface area contributed by atoms with E-state index >= 15 is 0 Å². The maximum absolute atomic E-state index is 13.7. The smallest absolute Gasteiger partial charge is 0.248 e. The van der Waals surface area contributed by atoms with E-state index in [9.17, 15) is 23.5 Å². The highest BCUT2D eigenvalue weighted by molar-refractivity contribution is 5.77. The quantitative estimate of drug-likeness (QED) is 0.341. The van der Waals surface area contributed by atoms with Crippen LogP contribution in [-0.2, 0) is 20.9 Å². The average Bonchev–Trinajstić information content (AvgIpc) is 3.31. The number of aliphatic hydroxyl groups is 1. The van der Waals surface area contributed by atoms with Gasteiger partial charge in [-0.15, -0.1) is 0 Å². The van der Waals surface area contributed by atoms with E-state index in [2.05, 4.69) is 0 Å². The summed E-state index contributed by atoms with van der Waals surface area (Å²) in [6.07, 6.45) is 4.43. The van der Waals surface area contributed by atoms with Crippen LogP contribution in [-0.4, -0.2) is 111 Å². The summed E-state index contributed by atoms with van der Waals surface area (Å²) in [6.45, 7) is 2.94. The molecular weight excluding hydrogens is 576 g/mol. The number of hydrogen-bond acceptors (Lipinski definition) is 8. The van der Waals surface area contributed by atoms with Gasteiger partial charge in [0, 0.05) is 58.9 Å².